The summed E-state index contributed by atoms with van der Waals surface area (Å²) in [6.07, 6.45) is 4.33. The Balaban J connectivity index is 2.26. The quantitative estimate of drug-likeness (QED) is 0.146. The third kappa shape index (κ3) is 6.83. The lowest BCUT2D eigenvalue weighted by Crippen LogP contribution is -2.31. The van der Waals surface area contributed by atoms with Crippen LogP contribution in [-0.4, -0.2) is 28.3 Å². The topological polar surface area (TPSA) is 178 Å². The van der Waals surface area contributed by atoms with Crippen LogP contribution in [-0.2, 0) is 4.79 Å². The molecule has 1 amide bonds. The van der Waals surface area contributed by atoms with Crippen LogP contribution in [0.3, 0.4) is 0 Å². The van der Waals surface area contributed by atoms with Crippen LogP contribution in [0.5, 0.6) is 5.75 Å². The fourth-order valence-corrected chi connectivity index (χ4v) is 2.70. The van der Waals surface area contributed by atoms with Gasteiger partial charge in [0, 0.05) is 24.0 Å². The molecule has 13 heteroatoms. The summed E-state index contributed by atoms with van der Waals surface area (Å²) in [6.45, 7) is -0.494. The molecule has 0 aliphatic rings. The second-order valence-corrected chi connectivity index (χ2v) is 6.73. The van der Waals surface area contributed by atoms with Crippen LogP contribution in [0.1, 0.15) is 17.3 Å². The monoisotopic (exact) mass is 478 g/mol. The number of aromatic nitrogens is 2. The summed E-state index contributed by atoms with van der Waals surface area (Å²) >= 11 is 11.7. The minimum Gasteiger partial charge on any atom is -0.437 e. The Morgan fingerprint density at radius 2 is 2.09 bits per heavy atom. The number of nitrogens with one attached hydrogen (secondary N) is 1. The number of amides is 1. The lowest BCUT2D eigenvalue weighted by molar-refractivity contribution is -0.118. The predicted molar refractivity (Wildman–Crippen MR) is 117 cm³/mol. The number of carbonyl (C=O) groups excluding carboxylic acids is 1. The van der Waals surface area contributed by atoms with Crippen molar-refractivity contribution >= 4 is 34.9 Å². The van der Waals surface area contributed by atoms with Crippen LogP contribution in [0, 0.1) is 11.3 Å². The van der Waals surface area contributed by atoms with E-state index in [0.717, 1.165) is 12.4 Å². The number of halogens is 3. The molecule has 0 aliphatic heterocycles. The molecule has 1 atom stereocenters. The van der Waals surface area contributed by atoms with E-state index in [4.69, 9.17) is 50.4 Å². The fraction of sp³-hybridized carbons (Fsp3) is 0.105. The van der Waals surface area contributed by atoms with Gasteiger partial charge in [0.15, 0.2) is 5.70 Å². The molecule has 0 saturated carbocycles. The van der Waals surface area contributed by atoms with Crippen LogP contribution in [0.2, 0.25) is 10.2 Å². The van der Waals surface area contributed by atoms with Gasteiger partial charge < -0.3 is 27.3 Å². The zero-order valence-corrected chi connectivity index (χ0v) is 17.8. The van der Waals surface area contributed by atoms with Crippen molar-refractivity contribution in [2.75, 3.05) is 6.54 Å². The lowest BCUT2D eigenvalue weighted by atomic mass is 10.2. The molecular weight excluding hydrogens is 462 g/mol. The van der Waals surface area contributed by atoms with Crippen LogP contribution in [0.25, 0.3) is 0 Å². The Bertz CT molecular complexity index is 1130. The van der Waals surface area contributed by atoms with Crippen molar-refractivity contribution in [1.82, 2.24) is 15.3 Å². The molecule has 0 aromatic carbocycles. The maximum absolute atomic E-state index is 14.6. The van der Waals surface area contributed by atoms with Gasteiger partial charge >= 0.3 is 0 Å². The van der Waals surface area contributed by atoms with E-state index < -0.39 is 30.2 Å². The minimum atomic E-state index is -1.71. The van der Waals surface area contributed by atoms with Gasteiger partial charge in [-0.3, -0.25) is 9.78 Å². The Morgan fingerprint density at radius 3 is 2.75 bits per heavy atom. The molecule has 0 bridgehead atoms. The zero-order valence-electron chi connectivity index (χ0n) is 16.3. The first-order valence-corrected chi connectivity index (χ1v) is 9.49. The largest absolute Gasteiger partial charge is 0.437 e. The van der Waals surface area contributed by atoms with Crippen molar-refractivity contribution in [3.05, 3.63) is 75.9 Å². The highest BCUT2D eigenvalue weighted by Gasteiger charge is 2.20. The molecule has 0 radical (unpaired) electrons. The Labute approximate surface area is 192 Å². The molecule has 7 N–H and O–H groups in total. The predicted octanol–water partition coefficient (Wildman–Crippen LogP) is 1.82. The molecule has 0 spiro atoms. The lowest BCUT2D eigenvalue weighted by Gasteiger charge is -2.13. The molecule has 0 aliphatic carbocycles. The number of pyridine rings is 2. The first-order chi connectivity index (χ1) is 15.2. The molecule has 166 valence electrons. The number of aliphatic imine (C=N–C) groups is 1. The van der Waals surface area contributed by atoms with Crippen LogP contribution in [0.15, 0.2) is 59.6 Å². The molecule has 32 heavy (non-hydrogen) atoms. The molecule has 2 aromatic rings. The van der Waals surface area contributed by atoms with E-state index >= 15 is 0 Å². The van der Waals surface area contributed by atoms with Gasteiger partial charge in [0.25, 0.3) is 5.91 Å². The normalized spacial score (nSPS) is 13.2. The number of hydrogen-bond acceptors (Lipinski definition) is 8. The fourth-order valence-electron chi connectivity index (χ4n) is 2.22. The highest BCUT2D eigenvalue weighted by molar-refractivity contribution is 6.34. The summed E-state index contributed by atoms with van der Waals surface area (Å²) in [4.78, 5) is 24.1. The first kappa shape index (κ1) is 24.4. The summed E-state index contributed by atoms with van der Waals surface area (Å²) in [5.41, 5.74) is 16.6. The molecule has 10 nitrogen and oxygen atoms in total. The maximum Gasteiger partial charge on any atom is 0.275 e. The molecule has 1 unspecified atom stereocenters. The Morgan fingerprint density at radius 1 is 1.34 bits per heavy atom. The first-order valence-electron chi connectivity index (χ1n) is 8.73. The van der Waals surface area contributed by atoms with Gasteiger partial charge in [-0.15, -0.1) is 0 Å². The van der Waals surface area contributed by atoms with Crippen molar-refractivity contribution in [3.63, 3.8) is 0 Å². The Hall–Kier alpha value is -3.88. The van der Waals surface area contributed by atoms with E-state index in [1.165, 1.54) is 30.6 Å². The average Bonchev–Trinajstić information content (AvgIpc) is 2.75. The van der Waals surface area contributed by atoms with Crippen LogP contribution < -0.4 is 27.3 Å². The van der Waals surface area contributed by atoms with Crippen molar-refractivity contribution in [2.24, 2.45) is 22.2 Å². The van der Waals surface area contributed by atoms with Crippen molar-refractivity contribution in [2.45, 2.75) is 6.17 Å². The SMILES string of the molecule is N#Cc1cncc(O/C(N)=C(/N=C(N)C=CN)C(=O)NCC(F)c2cnc(Cl)cc2Cl)c1. The zero-order chi connectivity index (χ0) is 23.7. The Kier molecular flexibility index (Phi) is 8.76. The second kappa shape index (κ2) is 11.5. The number of rotatable bonds is 8. The molecular formula is C19H17Cl2FN8O2. The van der Waals surface area contributed by atoms with E-state index in [2.05, 4.69) is 20.3 Å². The highest BCUT2D eigenvalue weighted by atomic mass is 35.5. The number of nitrogens with two attached hydrogens (primary N) is 3. The molecule has 0 saturated heterocycles. The molecule has 0 fully saturated rings. The summed E-state index contributed by atoms with van der Waals surface area (Å²) in [5.74, 6) is -1.48. The number of amidine groups is 1. The average molecular weight is 479 g/mol. The van der Waals surface area contributed by atoms with E-state index in [9.17, 15) is 9.18 Å². The van der Waals surface area contributed by atoms with Crippen molar-refractivity contribution in [3.8, 4) is 11.8 Å². The van der Waals surface area contributed by atoms with Crippen LogP contribution in [0.4, 0.5) is 4.39 Å². The standard InChI is InChI=1S/C19H17Cl2FN8O2/c20-13-4-15(21)28-8-12(13)14(22)9-29-19(31)17(30-16(25)1-2-23)18(26)32-11-3-10(5-24)6-27-7-11/h1-4,6-8,14H,9,23,26H2,(H2,25,30)(H,29,31)/b2-1?,18-17+. The summed E-state index contributed by atoms with van der Waals surface area (Å²) in [6, 6.07) is 4.50. The van der Waals surface area contributed by atoms with Gasteiger partial charge in [0.05, 0.1) is 23.3 Å². The van der Waals surface area contributed by atoms with Gasteiger partial charge in [0.1, 0.15) is 29.0 Å². The maximum atomic E-state index is 14.6. The van der Waals surface area contributed by atoms with Gasteiger partial charge in [-0.05, 0) is 18.3 Å². The van der Waals surface area contributed by atoms with Gasteiger partial charge in [-0.1, -0.05) is 23.2 Å². The number of ether oxygens (including phenoxy) is 1. The summed E-state index contributed by atoms with van der Waals surface area (Å²) in [7, 11) is 0. The van der Waals surface area contributed by atoms with Gasteiger partial charge in [-0.25, -0.2) is 14.4 Å². The minimum absolute atomic E-state index is 0.0274. The molecule has 2 rings (SSSR count). The number of carbonyl (C=O) groups is 1. The van der Waals surface area contributed by atoms with Crippen molar-refractivity contribution < 1.29 is 13.9 Å². The van der Waals surface area contributed by atoms with E-state index in [0.29, 0.717) is 0 Å². The van der Waals surface area contributed by atoms with Crippen LogP contribution >= 0.6 is 23.2 Å². The number of hydrogen-bond donors (Lipinski definition) is 4. The van der Waals surface area contributed by atoms with E-state index in [1.807, 2.05) is 6.07 Å². The molecule has 2 heterocycles. The smallest absolute Gasteiger partial charge is 0.275 e. The number of nitrogens with zero attached hydrogens (tertiary/aromatic N) is 4. The second-order valence-electron chi connectivity index (χ2n) is 5.94. The van der Waals surface area contributed by atoms with E-state index in [1.54, 1.807) is 0 Å². The summed E-state index contributed by atoms with van der Waals surface area (Å²) in [5, 5.41) is 11.4. The third-order valence-electron chi connectivity index (χ3n) is 3.65. The van der Waals surface area contributed by atoms with Crippen molar-refractivity contribution in [1.29, 1.82) is 5.26 Å². The van der Waals surface area contributed by atoms with Gasteiger partial charge in [-0.2, -0.15) is 5.26 Å². The molecule has 2 aromatic heterocycles. The van der Waals surface area contributed by atoms with E-state index in [-0.39, 0.29) is 32.9 Å². The highest BCUT2D eigenvalue weighted by Crippen LogP contribution is 2.26. The third-order valence-corrected chi connectivity index (χ3v) is 4.19. The summed E-state index contributed by atoms with van der Waals surface area (Å²) < 4.78 is 19.9. The van der Waals surface area contributed by atoms with Gasteiger partial charge in [0.2, 0.25) is 5.88 Å². The number of nitriles is 1. The number of alkyl halides is 1.